The molecule has 1 aromatic heterocycles. The highest BCUT2D eigenvalue weighted by Crippen LogP contribution is 2.14. The van der Waals surface area contributed by atoms with Crippen molar-refractivity contribution in [3.63, 3.8) is 0 Å². The summed E-state index contributed by atoms with van der Waals surface area (Å²) in [6, 6.07) is 8.28. The van der Waals surface area contributed by atoms with Crippen LogP contribution in [0.3, 0.4) is 0 Å². The van der Waals surface area contributed by atoms with Gasteiger partial charge in [0, 0.05) is 30.7 Å². The van der Waals surface area contributed by atoms with E-state index in [1.54, 1.807) is 0 Å². The molecule has 1 heterocycles. The Morgan fingerprint density at radius 1 is 1.31 bits per heavy atom. The molecule has 0 bridgehead atoms. The fraction of sp³-hybridized carbons (Fsp3) is 0.250. The van der Waals surface area contributed by atoms with Crippen LogP contribution in [0.25, 0.3) is 0 Å². The van der Waals surface area contributed by atoms with E-state index < -0.39 is 0 Å². The van der Waals surface area contributed by atoms with Gasteiger partial charge in [0.25, 0.3) is 0 Å². The van der Waals surface area contributed by atoms with Gasteiger partial charge in [0.1, 0.15) is 5.82 Å². The Morgan fingerprint density at radius 2 is 2.00 bits per heavy atom. The molecule has 2 N–H and O–H groups in total. The van der Waals surface area contributed by atoms with Crippen molar-refractivity contribution in [2.45, 2.75) is 13.0 Å². The van der Waals surface area contributed by atoms with Crippen LogP contribution in [-0.4, -0.2) is 9.55 Å². The topological polar surface area (TPSA) is 43.8 Å². The maximum Gasteiger partial charge on any atom is 0.113 e. The van der Waals surface area contributed by atoms with E-state index in [1.807, 2.05) is 25.4 Å². The van der Waals surface area contributed by atoms with Gasteiger partial charge >= 0.3 is 0 Å². The number of hydrogen-bond donors (Lipinski definition) is 1. The molecule has 0 radical (unpaired) electrons. The van der Waals surface area contributed by atoms with Gasteiger partial charge in [0.2, 0.25) is 0 Å². The van der Waals surface area contributed by atoms with Gasteiger partial charge < -0.3 is 10.3 Å². The Balaban J connectivity index is 2.20. The molecule has 0 spiro atoms. The van der Waals surface area contributed by atoms with Crippen LogP contribution in [0.4, 0.5) is 0 Å². The lowest BCUT2D eigenvalue weighted by Gasteiger charge is -2.04. The summed E-state index contributed by atoms with van der Waals surface area (Å²) in [6.45, 7) is 0.532. The molecule has 0 amide bonds. The third-order valence-electron chi connectivity index (χ3n) is 2.67. The van der Waals surface area contributed by atoms with E-state index in [1.165, 1.54) is 5.56 Å². The Hall–Kier alpha value is -1.13. The van der Waals surface area contributed by atoms with Crippen molar-refractivity contribution in [1.29, 1.82) is 0 Å². The van der Waals surface area contributed by atoms with Crippen molar-refractivity contribution in [2.75, 3.05) is 0 Å². The molecule has 0 fully saturated rings. The number of imidazole rings is 1. The first kappa shape index (κ1) is 11.4. The van der Waals surface area contributed by atoms with Crippen LogP contribution >= 0.6 is 15.9 Å². The second kappa shape index (κ2) is 4.80. The average Bonchev–Trinajstić information content (AvgIpc) is 2.63. The Bertz CT molecular complexity index is 474. The number of hydrogen-bond acceptors (Lipinski definition) is 2. The van der Waals surface area contributed by atoms with Crippen molar-refractivity contribution in [1.82, 2.24) is 9.55 Å². The summed E-state index contributed by atoms with van der Waals surface area (Å²) in [5, 5.41) is 0. The summed E-state index contributed by atoms with van der Waals surface area (Å²) >= 11 is 3.42. The zero-order valence-corrected chi connectivity index (χ0v) is 10.7. The highest BCUT2D eigenvalue weighted by atomic mass is 79.9. The fourth-order valence-corrected chi connectivity index (χ4v) is 1.89. The molecule has 1 aromatic carbocycles. The van der Waals surface area contributed by atoms with E-state index in [-0.39, 0.29) is 0 Å². The van der Waals surface area contributed by atoms with Crippen LogP contribution in [0.2, 0.25) is 0 Å². The molecule has 0 aliphatic rings. The van der Waals surface area contributed by atoms with Crippen LogP contribution in [0.1, 0.15) is 17.1 Å². The fourth-order valence-electron chi connectivity index (χ4n) is 1.63. The van der Waals surface area contributed by atoms with Crippen molar-refractivity contribution < 1.29 is 0 Å². The lowest BCUT2D eigenvalue weighted by Crippen LogP contribution is -2.06. The third kappa shape index (κ3) is 2.33. The van der Waals surface area contributed by atoms with E-state index in [0.717, 1.165) is 22.4 Å². The number of benzene rings is 1. The molecule has 0 saturated heterocycles. The van der Waals surface area contributed by atoms with Gasteiger partial charge in [-0.05, 0) is 17.7 Å². The Labute approximate surface area is 103 Å². The molecule has 0 aliphatic carbocycles. The van der Waals surface area contributed by atoms with E-state index in [0.29, 0.717) is 6.54 Å². The lowest BCUT2D eigenvalue weighted by molar-refractivity contribution is 0.767. The predicted molar refractivity (Wildman–Crippen MR) is 68.0 cm³/mol. The molecule has 16 heavy (non-hydrogen) atoms. The monoisotopic (exact) mass is 279 g/mol. The smallest absolute Gasteiger partial charge is 0.113 e. The standard InChI is InChI=1S/C12H14BrN3/c1-16-11(7-14)8-15-12(16)6-9-2-4-10(13)5-3-9/h2-5,8H,6-7,14H2,1H3. The summed E-state index contributed by atoms with van der Waals surface area (Å²) in [7, 11) is 2.00. The zero-order chi connectivity index (χ0) is 11.5. The molecule has 2 rings (SSSR count). The summed E-state index contributed by atoms with van der Waals surface area (Å²) < 4.78 is 3.15. The van der Waals surface area contributed by atoms with E-state index in [4.69, 9.17) is 5.73 Å². The van der Waals surface area contributed by atoms with Gasteiger partial charge in [0.05, 0.1) is 5.69 Å². The Morgan fingerprint density at radius 3 is 2.56 bits per heavy atom. The van der Waals surface area contributed by atoms with Crippen LogP contribution in [0.5, 0.6) is 0 Å². The van der Waals surface area contributed by atoms with Crippen LogP contribution in [-0.2, 0) is 20.0 Å². The second-order valence-electron chi connectivity index (χ2n) is 3.73. The minimum absolute atomic E-state index is 0.532. The molecule has 2 aromatic rings. The SMILES string of the molecule is Cn1c(CN)cnc1Cc1ccc(Br)cc1. The van der Waals surface area contributed by atoms with E-state index >= 15 is 0 Å². The minimum Gasteiger partial charge on any atom is -0.334 e. The van der Waals surface area contributed by atoms with E-state index in [2.05, 4.69) is 37.6 Å². The van der Waals surface area contributed by atoms with Gasteiger partial charge in [-0.1, -0.05) is 28.1 Å². The van der Waals surface area contributed by atoms with Crippen LogP contribution < -0.4 is 5.73 Å². The summed E-state index contributed by atoms with van der Waals surface area (Å²) in [4.78, 5) is 4.38. The van der Waals surface area contributed by atoms with Gasteiger partial charge in [-0.25, -0.2) is 4.98 Å². The molecular formula is C12H14BrN3. The van der Waals surface area contributed by atoms with Crippen molar-refractivity contribution in [2.24, 2.45) is 12.8 Å². The minimum atomic E-state index is 0.532. The first-order chi connectivity index (χ1) is 7.70. The van der Waals surface area contributed by atoms with Crippen molar-refractivity contribution >= 4 is 15.9 Å². The summed E-state index contributed by atoms with van der Waals surface area (Å²) in [5.41, 5.74) is 7.92. The molecule has 0 atom stereocenters. The largest absolute Gasteiger partial charge is 0.334 e. The maximum absolute atomic E-state index is 5.61. The molecule has 0 unspecified atom stereocenters. The predicted octanol–water partition coefficient (Wildman–Crippen LogP) is 2.23. The van der Waals surface area contributed by atoms with Gasteiger partial charge in [-0.2, -0.15) is 0 Å². The molecule has 0 aliphatic heterocycles. The third-order valence-corrected chi connectivity index (χ3v) is 3.19. The van der Waals surface area contributed by atoms with Gasteiger partial charge in [-0.3, -0.25) is 0 Å². The first-order valence-electron chi connectivity index (χ1n) is 5.14. The number of aromatic nitrogens is 2. The molecule has 3 nitrogen and oxygen atoms in total. The van der Waals surface area contributed by atoms with Gasteiger partial charge in [0.15, 0.2) is 0 Å². The second-order valence-corrected chi connectivity index (χ2v) is 4.65. The maximum atomic E-state index is 5.61. The summed E-state index contributed by atoms with van der Waals surface area (Å²) in [5.74, 6) is 1.04. The number of halogens is 1. The van der Waals surface area contributed by atoms with Crippen molar-refractivity contribution in [3.8, 4) is 0 Å². The average molecular weight is 280 g/mol. The van der Waals surface area contributed by atoms with Gasteiger partial charge in [-0.15, -0.1) is 0 Å². The Kier molecular flexibility index (Phi) is 3.41. The van der Waals surface area contributed by atoms with Crippen LogP contribution in [0.15, 0.2) is 34.9 Å². The van der Waals surface area contributed by atoms with Crippen LogP contribution in [0, 0.1) is 0 Å². The highest BCUT2D eigenvalue weighted by molar-refractivity contribution is 9.10. The molecule has 0 saturated carbocycles. The first-order valence-corrected chi connectivity index (χ1v) is 5.94. The number of nitrogens with zero attached hydrogens (tertiary/aromatic N) is 2. The number of rotatable bonds is 3. The zero-order valence-electron chi connectivity index (χ0n) is 9.15. The molecule has 84 valence electrons. The molecule has 4 heteroatoms. The normalized spacial score (nSPS) is 10.7. The van der Waals surface area contributed by atoms with Crippen molar-refractivity contribution in [3.05, 3.63) is 52.0 Å². The highest BCUT2D eigenvalue weighted by Gasteiger charge is 2.05. The summed E-state index contributed by atoms with van der Waals surface area (Å²) in [6.07, 6.45) is 2.68. The number of nitrogens with two attached hydrogens (primary N) is 1. The van der Waals surface area contributed by atoms with E-state index in [9.17, 15) is 0 Å². The molecular weight excluding hydrogens is 266 g/mol. The quantitative estimate of drug-likeness (QED) is 0.937. The lowest BCUT2D eigenvalue weighted by atomic mass is 10.1.